The zero-order valence-electron chi connectivity index (χ0n) is 29.2. The Balaban J connectivity index is -0.0000000501. The van der Waals surface area contributed by atoms with Gasteiger partial charge in [0, 0.05) is 0 Å². The van der Waals surface area contributed by atoms with Gasteiger partial charge in [0.15, 0.2) is 0 Å². The molecule has 5 fully saturated rings. The average molecular weight is 505 g/mol. The van der Waals surface area contributed by atoms with Gasteiger partial charge in [-0.1, -0.05) is 220 Å². The van der Waals surface area contributed by atoms with Crippen molar-refractivity contribution in [1.29, 1.82) is 0 Å². The summed E-state index contributed by atoms with van der Waals surface area (Å²) in [7, 11) is 0. The van der Waals surface area contributed by atoms with E-state index in [1.807, 2.05) is 96.9 Å². The topological polar surface area (TPSA) is 0 Å². The molecule has 5 rings (SSSR count). The summed E-state index contributed by atoms with van der Waals surface area (Å²) in [5.74, 6) is 2.15. The lowest BCUT2D eigenvalue weighted by molar-refractivity contribution is 0.346. The maximum atomic E-state index is 2.31. The van der Waals surface area contributed by atoms with E-state index in [2.05, 4.69) is 13.8 Å². The van der Waals surface area contributed by atoms with Gasteiger partial charge in [-0.3, -0.25) is 0 Å². The van der Waals surface area contributed by atoms with Crippen LogP contribution in [0.25, 0.3) is 0 Å². The highest BCUT2D eigenvalue weighted by atomic mass is 14.2. The molecular formula is C35H84. The third kappa shape index (κ3) is 78.9. The molecule has 0 amide bonds. The van der Waals surface area contributed by atoms with E-state index in [0.29, 0.717) is 0 Å². The summed E-state index contributed by atoms with van der Waals surface area (Å²) in [6.45, 7) is 32.6. The highest BCUT2D eigenvalue weighted by Gasteiger charge is 2.12. The van der Waals surface area contributed by atoms with Gasteiger partial charge in [-0.05, 0) is 11.8 Å². The van der Waals surface area contributed by atoms with Gasteiger partial charge in [0.05, 0.1) is 0 Å². The molecule has 0 bridgehead atoms. The fourth-order valence-electron chi connectivity index (χ4n) is 1.53. The van der Waals surface area contributed by atoms with Gasteiger partial charge in [0.1, 0.15) is 0 Å². The van der Waals surface area contributed by atoms with Gasteiger partial charge < -0.3 is 0 Å². The third-order valence-corrected chi connectivity index (χ3v) is 5.26. The highest BCUT2D eigenvalue weighted by Crippen LogP contribution is 2.26. The van der Waals surface area contributed by atoms with Crippen LogP contribution in [-0.4, -0.2) is 0 Å². The van der Waals surface area contributed by atoms with Gasteiger partial charge >= 0.3 is 0 Å². The second kappa shape index (κ2) is 70.0. The van der Waals surface area contributed by atoms with Crippen molar-refractivity contribution < 1.29 is 0 Å². The number of hydrogen-bond donors (Lipinski definition) is 0. The first-order valence-electron chi connectivity index (χ1n) is 17.3. The third-order valence-electron chi connectivity index (χ3n) is 5.26. The summed E-state index contributed by atoms with van der Waals surface area (Å²) in [4.78, 5) is 0. The quantitative estimate of drug-likeness (QED) is 0.307. The van der Waals surface area contributed by atoms with Crippen LogP contribution in [0, 0.1) is 11.8 Å². The first kappa shape index (κ1) is 51.6. The molecule has 0 unspecified atom stereocenters. The van der Waals surface area contributed by atoms with E-state index in [0.717, 1.165) is 11.8 Å². The van der Waals surface area contributed by atoms with Gasteiger partial charge in [0.2, 0.25) is 0 Å². The minimum atomic E-state index is 1.06. The summed E-state index contributed by atoms with van der Waals surface area (Å²) in [6.07, 6.45) is 25.4. The summed E-state index contributed by atoms with van der Waals surface area (Å²) < 4.78 is 0. The molecule has 0 aliphatic heterocycles. The maximum absolute atomic E-state index is 2.31. The number of rotatable bonds is 0. The predicted octanol–water partition coefficient (Wildman–Crippen LogP) is 15.1. The predicted molar refractivity (Wildman–Crippen MR) is 176 cm³/mol. The van der Waals surface area contributed by atoms with E-state index in [-0.39, 0.29) is 0 Å². The minimum absolute atomic E-state index is 1.06. The van der Waals surface area contributed by atoms with Gasteiger partial charge in [-0.2, -0.15) is 0 Å². The monoisotopic (exact) mass is 505 g/mol. The number of hydrogen-bond acceptors (Lipinski definition) is 0. The van der Waals surface area contributed by atoms with Crippen molar-refractivity contribution in [1.82, 2.24) is 0 Å². The molecular weight excluding hydrogens is 420 g/mol. The van der Waals surface area contributed by atoms with Crippen molar-refractivity contribution in [2.24, 2.45) is 11.8 Å². The van der Waals surface area contributed by atoms with E-state index < -0.39 is 0 Å². The van der Waals surface area contributed by atoms with E-state index in [9.17, 15) is 0 Å². The van der Waals surface area contributed by atoms with Crippen LogP contribution < -0.4 is 0 Å². The lowest BCUT2D eigenvalue weighted by Crippen LogP contribution is -2.04. The molecule has 35 heavy (non-hydrogen) atoms. The Kier molecular flexibility index (Phi) is 103. The van der Waals surface area contributed by atoms with E-state index in [1.54, 1.807) is 0 Å². The summed E-state index contributed by atoms with van der Waals surface area (Å²) in [5.41, 5.74) is 0. The first-order chi connectivity index (χ1) is 17.3. The van der Waals surface area contributed by atoms with Crippen molar-refractivity contribution in [3.63, 3.8) is 0 Å². The molecule has 0 saturated heterocycles. The molecule has 0 atom stereocenters. The largest absolute Gasteiger partial charge is 0.0683 e. The summed E-state index contributed by atoms with van der Waals surface area (Å²) in [6, 6.07) is 0. The Morgan fingerprint density at radius 3 is 0.343 bits per heavy atom. The Bertz CT molecular complexity index is 157. The normalized spacial score (nSPS) is 16.1. The SMILES string of the molecule is C1CCC1.C1CCC1.C1CCC1.CC.CC.CC.CC.CC.CC.CC.CC1CC1.CC1CCC1. The van der Waals surface area contributed by atoms with Crippen LogP contribution in [0.5, 0.6) is 0 Å². The van der Waals surface area contributed by atoms with Crippen molar-refractivity contribution in [2.45, 2.75) is 220 Å². The lowest BCUT2D eigenvalue weighted by Gasteiger charge is -2.18. The fourth-order valence-corrected chi connectivity index (χ4v) is 1.53. The molecule has 5 saturated carbocycles. The molecule has 5 aliphatic carbocycles. The summed E-state index contributed by atoms with van der Waals surface area (Å²) >= 11 is 0. The second-order valence-electron chi connectivity index (χ2n) is 7.96. The molecule has 0 heterocycles. The van der Waals surface area contributed by atoms with Gasteiger partial charge in [0.25, 0.3) is 0 Å². The van der Waals surface area contributed by atoms with Crippen LogP contribution in [0.15, 0.2) is 0 Å². The molecule has 0 aromatic heterocycles. The van der Waals surface area contributed by atoms with E-state index >= 15 is 0 Å². The molecule has 5 aliphatic rings. The molecule has 0 N–H and O–H groups in total. The standard InChI is InChI=1S/C5H10.4C4H8.7C2H6/c1-5-3-2-4-5;1-4-2-3-4;3*1-2-4-3-1;7*1-2/h5H,2-4H2,1H3;4H,2-3H2,1H3;3*1-4H2;7*1-2H3. The van der Waals surface area contributed by atoms with Crippen molar-refractivity contribution >= 4 is 0 Å². The lowest BCUT2D eigenvalue weighted by atomic mass is 9.88. The average Bonchev–Trinajstić information content (AvgIpc) is 3.61. The second-order valence-corrected chi connectivity index (χ2v) is 7.96. The van der Waals surface area contributed by atoms with Crippen molar-refractivity contribution in [2.75, 3.05) is 0 Å². The molecule has 0 aromatic carbocycles. The minimum Gasteiger partial charge on any atom is -0.0683 e. The van der Waals surface area contributed by atoms with Gasteiger partial charge in [-0.25, -0.2) is 0 Å². The Hall–Kier alpha value is 0. The Labute approximate surface area is 231 Å². The molecule has 0 heteroatoms. The van der Waals surface area contributed by atoms with Crippen LogP contribution in [-0.2, 0) is 0 Å². The molecule has 0 nitrogen and oxygen atoms in total. The van der Waals surface area contributed by atoms with Crippen LogP contribution >= 0.6 is 0 Å². The Morgan fingerprint density at radius 2 is 0.343 bits per heavy atom. The van der Waals surface area contributed by atoms with Crippen LogP contribution in [0.1, 0.15) is 220 Å². The highest BCUT2D eigenvalue weighted by molar-refractivity contribution is 4.65. The van der Waals surface area contributed by atoms with E-state index in [1.165, 1.54) is 109 Å². The van der Waals surface area contributed by atoms with Crippen LogP contribution in [0.4, 0.5) is 0 Å². The summed E-state index contributed by atoms with van der Waals surface area (Å²) in [5, 5.41) is 0. The molecule has 0 radical (unpaired) electrons. The smallest absolute Gasteiger partial charge is 0.0443 e. The molecule has 224 valence electrons. The van der Waals surface area contributed by atoms with Gasteiger partial charge in [-0.15, -0.1) is 0 Å². The van der Waals surface area contributed by atoms with Crippen LogP contribution in [0.3, 0.4) is 0 Å². The zero-order chi connectivity index (χ0) is 29.2. The maximum Gasteiger partial charge on any atom is -0.0443 e. The van der Waals surface area contributed by atoms with Crippen LogP contribution in [0.2, 0.25) is 0 Å². The first-order valence-corrected chi connectivity index (χ1v) is 17.3. The fraction of sp³-hybridized carbons (Fsp3) is 1.00. The Morgan fingerprint density at radius 1 is 0.229 bits per heavy atom. The van der Waals surface area contributed by atoms with Crippen molar-refractivity contribution in [3.05, 3.63) is 0 Å². The molecule has 0 aromatic rings. The van der Waals surface area contributed by atoms with Crippen molar-refractivity contribution in [3.8, 4) is 0 Å². The molecule has 0 spiro atoms. The van der Waals surface area contributed by atoms with E-state index in [4.69, 9.17) is 0 Å². The zero-order valence-corrected chi connectivity index (χ0v) is 29.2.